The second kappa shape index (κ2) is 5.66. The van der Waals surface area contributed by atoms with Crippen molar-refractivity contribution in [1.29, 1.82) is 0 Å². The van der Waals surface area contributed by atoms with Gasteiger partial charge in [-0.15, -0.1) is 0 Å². The van der Waals surface area contributed by atoms with Gasteiger partial charge in [0.15, 0.2) is 0 Å². The summed E-state index contributed by atoms with van der Waals surface area (Å²) in [6.45, 7) is 4.26. The molecule has 0 saturated carbocycles. The zero-order chi connectivity index (χ0) is 15.0. The molecule has 0 amide bonds. The first-order valence-electron chi connectivity index (χ1n) is 7.13. The Morgan fingerprint density at radius 1 is 1.19 bits per heavy atom. The Morgan fingerprint density at radius 3 is 2.62 bits per heavy atom. The maximum Gasteiger partial charge on any atom is 0.123 e. The maximum atomic E-state index is 5.93. The molecular formula is C18H18BrClO. The largest absolute Gasteiger partial charge is 0.487 e. The summed E-state index contributed by atoms with van der Waals surface area (Å²) in [5.41, 5.74) is 3.79. The van der Waals surface area contributed by atoms with Crippen LogP contribution >= 0.6 is 27.5 Å². The summed E-state index contributed by atoms with van der Waals surface area (Å²) in [6.07, 6.45) is 1.91. The molecule has 1 nitrogen and oxygen atoms in total. The molecule has 0 aliphatic carbocycles. The van der Waals surface area contributed by atoms with Crippen LogP contribution in [0.15, 0.2) is 42.5 Å². The minimum absolute atomic E-state index is 0.0844. The molecule has 0 bridgehead atoms. The zero-order valence-corrected chi connectivity index (χ0v) is 14.5. The molecule has 0 spiro atoms. The summed E-state index contributed by atoms with van der Waals surface area (Å²) in [5.74, 6) is 1.02. The number of ether oxygens (including phenoxy) is 1. The fourth-order valence-electron chi connectivity index (χ4n) is 2.77. The first-order valence-corrected chi connectivity index (χ1v) is 8.43. The van der Waals surface area contributed by atoms with Crippen LogP contribution in [0.2, 0.25) is 5.02 Å². The van der Waals surface area contributed by atoms with Crippen LogP contribution < -0.4 is 4.74 Å². The molecule has 1 aliphatic heterocycles. The average Bonchev–Trinajstić information content (AvgIpc) is 2.74. The quantitative estimate of drug-likeness (QED) is 0.631. The molecule has 1 atom stereocenters. The van der Waals surface area contributed by atoms with E-state index < -0.39 is 0 Å². The number of hydrogen-bond acceptors (Lipinski definition) is 1. The highest BCUT2D eigenvalue weighted by Gasteiger charge is 2.30. The van der Waals surface area contributed by atoms with Crippen molar-refractivity contribution in [2.45, 2.75) is 37.1 Å². The highest BCUT2D eigenvalue weighted by atomic mass is 79.9. The standard InChI is InChI=1S/C18H18BrClO/c1-18(2)11-14-10-13(5-8-17(14)21-18)16(19)9-12-3-6-15(20)7-4-12/h3-8,10,16H,9,11H2,1-2H3. The highest BCUT2D eigenvalue weighted by molar-refractivity contribution is 9.09. The zero-order valence-electron chi connectivity index (χ0n) is 12.2. The molecule has 0 saturated heterocycles. The van der Waals surface area contributed by atoms with E-state index in [4.69, 9.17) is 16.3 Å². The molecular weight excluding hydrogens is 348 g/mol. The van der Waals surface area contributed by atoms with Crippen molar-refractivity contribution in [3.05, 3.63) is 64.2 Å². The van der Waals surface area contributed by atoms with Gasteiger partial charge in [-0.2, -0.15) is 0 Å². The number of alkyl halides is 1. The van der Waals surface area contributed by atoms with Crippen LogP contribution in [0.4, 0.5) is 0 Å². The van der Waals surface area contributed by atoms with Crippen LogP contribution in [0.3, 0.4) is 0 Å². The predicted octanol–water partition coefficient (Wildman–Crippen LogP) is 5.73. The lowest BCUT2D eigenvalue weighted by atomic mass is 9.98. The Hall–Kier alpha value is -0.990. The van der Waals surface area contributed by atoms with Crippen molar-refractivity contribution in [3.63, 3.8) is 0 Å². The van der Waals surface area contributed by atoms with Gasteiger partial charge in [-0.05, 0) is 55.2 Å². The molecule has 0 fully saturated rings. The Balaban J connectivity index is 1.77. The predicted molar refractivity (Wildman–Crippen MR) is 91.7 cm³/mol. The Bertz CT molecular complexity index is 649. The van der Waals surface area contributed by atoms with E-state index in [0.29, 0.717) is 4.83 Å². The fraction of sp³-hybridized carbons (Fsp3) is 0.333. The number of halogens is 2. The van der Waals surface area contributed by atoms with E-state index in [2.05, 4.69) is 60.1 Å². The normalized spacial score (nSPS) is 17.1. The topological polar surface area (TPSA) is 9.23 Å². The van der Waals surface area contributed by atoms with Crippen LogP contribution in [0, 0.1) is 0 Å². The first kappa shape index (κ1) is 14.9. The average molecular weight is 366 g/mol. The van der Waals surface area contributed by atoms with E-state index in [1.54, 1.807) is 0 Å². The van der Waals surface area contributed by atoms with Gasteiger partial charge in [0.25, 0.3) is 0 Å². The highest BCUT2D eigenvalue weighted by Crippen LogP contribution is 2.38. The van der Waals surface area contributed by atoms with Gasteiger partial charge in [0.05, 0.1) is 0 Å². The second-order valence-electron chi connectivity index (χ2n) is 6.20. The summed E-state index contributed by atoms with van der Waals surface area (Å²) in [6, 6.07) is 14.5. The summed E-state index contributed by atoms with van der Waals surface area (Å²) in [5, 5.41) is 0.779. The molecule has 0 N–H and O–H groups in total. The minimum Gasteiger partial charge on any atom is -0.487 e. The molecule has 110 valence electrons. The van der Waals surface area contributed by atoms with Gasteiger partial charge in [0.1, 0.15) is 11.4 Å². The molecule has 1 unspecified atom stereocenters. The summed E-state index contributed by atoms with van der Waals surface area (Å²) in [4.78, 5) is 0.299. The van der Waals surface area contributed by atoms with Crippen LogP contribution in [-0.2, 0) is 12.8 Å². The second-order valence-corrected chi connectivity index (χ2v) is 7.75. The number of hydrogen-bond donors (Lipinski definition) is 0. The molecule has 0 aromatic heterocycles. The number of fused-ring (bicyclic) bond motifs is 1. The van der Waals surface area contributed by atoms with E-state index in [-0.39, 0.29) is 5.60 Å². The van der Waals surface area contributed by atoms with Crippen LogP contribution in [-0.4, -0.2) is 5.60 Å². The molecule has 1 heterocycles. The smallest absolute Gasteiger partial charge is 0.123 e. The van der Waals surface area contributed by atoms with Crippen LogP contribution in [0.25, 0.3) is 0 Å². The minimum atomic E-state index is -0.0844. The number of rotatable bonds is 3. The van der Waals surface area contributed by atoms with Gasteiger partial charge in [0, 0.05) is 16.3 Å². The van der Waals surface area contributed by atoms with Gasteiger partial charge >= 0.3 is 0 Å². The Labute approximate surface area is 139 Å². The van der Waals surface area contributed by atoms with Crippen LogP contribution in [0.5, 0.6) is 5.75 Å². The van der Waals surface area contributed by atoms with E-state index in [1.165, 1.54) is 16.7 Å². The Kier molecular flexibility index (Phi) is 4.02. The third-order valence-electron chi connectivity index (χ3n) is 3.78. The third kappa shape index (κ3) is 3.44. The lowest BCUT2D eigenvalue weighted by molar-refractivity contribution is 0.138. The van der Waals surface area contributed by atoms with E-state index in [9.17, 15) is 0 Å². The lowest BCUT2D eigenvalue weighted by Gasteiger charge is -2.16. The fourth-order valence-corrected chi connectivity index (χ4v) is 3.55. The molecule has 3 rings (SSSR count). The van der Waals surface area contributed by atoms with E-state index in [1.807, 2.05) is 12.1 Å². The van der Waals surface area contributed by atoms with Gasteiger partial charge in [-0.1, -0.05) is 51.8 Å². The molecule has 2 aromatic rings. The van der Waals surface area contributed by atoms with Crippen molar-refractivity contribution in [3.8, 4) is 5.75 Å². The van der Waals surface area contributed by atoms with Crippen molar-refractivity contribution < 1.29 is 4.74 Å². The molecule has 2 aromatic carbocycles. The first-order chi connectivity index (χ1) is 9.93. The number of benzene rings is 2. The molecule has 21 heavy (non-hydrogen) atoms. The van der Waals surface area contributed by atoms with Crippen LogP contribution in [0.1, 0.15) is 35.4 Å². The van der Waals surface area contributed by atoms with Crippen molar-refractivity contribution >= 4 is 27.5 Å². The Morgan fingerprint density at radius 2 is 1.90 bits per heavy atom. The monoisotopic (exact) mass is 364 g/mol. The maximum absolute atomic E-state index is 5.93. The van der Waals surface area contributed by atoms with E-state index in [0.717, 1.165) is 23.6 Å². The lowest BCUT2D eigenvalue weighted by Crippen LogP contribution is -2.24. The summed E-state index contributed by atoms with van der Waals surface area (Å²) in [7, 11) is 0. The summed E-state index contributed by atoms with van der Waals surface area (Å²) < 4.78 is 5.93. The molecule has 3 heteroatoms. The van der Waals surface area contributed by atoms with Crippen molar-refractivity contribution in [2.75, 3.05) is 0 Å². The van der Waals surface area contributed by atoms with E-state index >= 15 is 0 Å². The van der Waals surface area contributed by atoms with Gasteiger partial charge in [-0.25, -0.2) is 0 Å². The molecule has 1 aliphatic rings. The van der Waals surface area contributed by atoms with Crippen molar-refractivity contribution in [2.24, 2.45) is 0 Å². The molecule has 0 radical (unpaired) electrons. The van der Waals surface area contributed by atoms with Gasteiger partial charge in [0.2, 0.25) is 0 Å². The van der Waals surface area contributed by atoms with Gasteiger partial charge in [-0.3, -0.25) is 0 Å². The van der Waals surface area contributed by atoms with Gasteiger partial charge < -0.3 is 4.74 Å². The summed E-state index contributed by atoms with van der Waals surface area (Å²) >= 11 is 9.73. The third-order valence-corrected chi connectivity index (χ3v) is 4.88. The van der Waals surface area contributed by atoms with Crippen molar-refractivity contribution in [1.82, 2.24) is 0 Å². The SMILES string of the molecule is CC1(C)Cc2cc(C(Br)Cc3ccc(Cl)cc3)ccc2O1.